The van der Waals surface area contributed by atoms with Crippen molar-refractivity contribution in [2.24, 2.45) is 0 Å². The highest BCUT2D eigenvalue weighted by Crippen LogP contribution is 2.30. The second kappa shape index (κ2) is 9.91. The summed E-state index contributed by atoms with van der Waals surface area (Å²) in [4.78, 5) is 26.0. The number of hydrogen-bond donors (Lipinski definition) is 2. The lowest BCUT2D eigenvalue weighted by Gasteiger charge is -2.37. The Hall–Kier alpha value is -3.04. The van der Waals surface area contributed by atoms with Crippen LogP contribution in [-0.2, 0) is 4.79 Å². The first-order chi connectivity index (χ1) is 16.9. The van der Waals surface area contributed by atoms with Crippen molar-refractivity contribution in [1.82, 2.24) is 20.2 Å². The molecule has 2 N–H and O–H groups in total. The Morgan fingerprint density at radius 3 is 2.66 bits per heavy atom. The number of hydrogen-bond acceptors (Lipinski definition) is 6. The van der Waals surface area contributed by atoms with E-state index in [2.05, 4.69) is 25.5 Å². The SMILES string of the molecule is CN(C(=O)C1CCCN1)C1CCN(c2nc(Nc3ccc(Cl)cc3F)c3cc(F)ccc3n2)CC1. The molecule has 2 saturated heterocycles. The molecule has 2 fully saturated rings. The zero-order chi connectivity index (χ0) is 24.5. The first kappa shape index (κ1) is 23.7. The van der Waals surface area contributed by atoms with Gasteiger partial charge in [0.15, 0.2) is 0 Å². The molecule has 0 spiro atoms. The van der Waals surface area contributed by atoms with Crippen LogP contribution < -0.4 is 15.5 Å². The van der Waals surface area contributed by atoms with Crippen molar-refractivity contribution in [3.8, 4) is 0 Å². The van der Waals surface area contributed by atoms with Gasteiger partial charge in [0.1, 0.15) is 17.5 Å². The number of fused-ring (bicyclic) bond motifs is 1. The lowest BCUT2D eigenvalue weighted by Crippen LogP contribution is -2.50. The third-order valence-corrected chi connectivity index (χ3v) is 7.07. The molecule has 2 aliphatic rings. The van der Waals surface area contributed by atoms with Crippen molar-refractivity contribution < 1.29 is 13.6 Å². The van der Waals surface area contributed by atoms with Crippen molar-refractivity contribution >= 4 is 45.9 Å². The summed E-state index contributed by atoms with van der Waals surface area (Å²) >= 11 is 5.88. The Balaban J connectivity index is 1.37. The van der Waals surface area contributed by atoms with Gasteiger partial charge in [0.25, 0.3) is 0 Å². The molecular weight excluding hydrogens is 474 g/mol. The maximum absolute atomic E-state index is 14.5. The molecule has 5 rings (SSSR count). The fourth-order valence-corrected chi connectivity index (χ4v) is 4.98. The van der Waals surface area contributed by atoms with Gasteiger partial charge in [0.2, 0.25) is 11.9 Å². The van der Waals surface area contributed by atoms with Crippen LogP contribution in [0.5, 0.6) is 0 Å². The maximum atomic E-state index is 14.5. The number of carbonyl (C=O) groups excluding carboxylic acids is 1. The number of anilines is 3. The standard InChI is InChI=1S/C25H27ClF2N6O/c1-33(24(35)22-3-2-10-29-22)17-8-11-34(12-9-17)25-31-20-7-5-16(27)14-18(20)23(32-25)30-21-6-4-15(26)13-19(21)28/h4-7,13-14,17,22,29H,2-3,8-12H2,1H3,(H,30,31,32). The summed E-state index contributed by atoms with van der Waals surface area (Å²) in [7, 11) is 1.88. The second-order valence-corrected chi connectivity index (χ2v) is 9.54. The van der Waals surface area contributed by atoms with Crippen molar-refractivity contribution in [1.29, 1.82) is 0 Å². The highest BCUT2D eigenvalue weighted by atomic mass is 35.5. The Morgan fingerprint density at radius 2 is 1.94 bits per heavy atom. The van der Waals surface area contributed by atoms with Crippen LogP contribution in [0.4, 0.5) is 26.2 Å². The number of rotatable bonds is 5. The average Bonchev–Trinajstić information content (AvgIpc) is 3.40. The minimum atomic E-state index is -0.535. The fourth-order valence-electron chi connectivity index (χ4n) is 4.82. The maximum Gasteiger partial charge on any atom is 0.239 e. The molecule has 0 radical (unpaired) electrons. The topological polar surface area (TPSA) is 73.4 Å². The van der Waals surface area contributed by atoms with E-state index in [4.69, 9.17) is 11.6 Å². The van der Waals surface area contributed by atoms with Crippen LogP contribution in [0.25, 0.3) is 10.9 Å². The zero-order valence-electron chi connectivity index (χ0n) is 19.4. The number of carbonyl (C=O) groups is 1. The van der Waals surface area contributed by atoms with E-state index in [9.17, 15) is 13.6 Å². The summed E-state index contributed by atoms with van der Waals surface area (Å²) in [5, 5.41) is 6.99. The number of benzene rings is 2. The van der Waals surface area contributed by atoms with Crippen LogP contribution in [0, 0.1) is 11.6 Å². The number of amides is 1. The van der Waals surface area contributed by atoms with Crippen molar-refractivity contribution in [2.75, 3.05) is 36.9 Å². The van der Waals surface area contributed by atoms with Crippen LogP contribution in [0.3, 0.4) is 0 Å². The van der Waals surface area contributed by atoms with Crippen LogP contribution in [0.2, 0.25) is 5.02 Å². The minimum absolute atomic E-state index is 0.0795. The Labute approximate surface area is 207 Å². The van der Waals surface area contributed by atoms with Gasteiger partial charge in [0, 0.05) is 36.6 Å². The molecule has 2 aromatic carbocycles. The van der Waals surface area contributed by atoms with Gasteiger partial charge >= 0.3 is 0 Å². The number of nitrogens with zero attached hydrogens (tertiary/aromatic N) is 4. The van der Waals surface area contributed by atoms with Crippen LogP contribution >= 0.6 is 11.6 Å². The number of nitrogens with one attached hydrogen (secondary N) is 2. The quantitative estimate of drug-likeness (QED) is 0.538. The minimum Gasteiger partial charge on any atom is -0.341 e. The molecule has 1 aromatic heterocycles. The molecule has 3 heterocycles. The third-order valence-electron chi connectivity index (χ3n) is 6.83. The molecule has 3 aromatic rings. The highest BCUT2D eigenvalue weighted by Gasteiger charge is 2.31. The Bertz CT molecular complexity index is 1240. The van der Waals surface area contributed by atoms with Crippen LogP contribution in [0.1, 0.15) is 25.7 Å². The Kier molecular flexibility index (Phi) is 6.71. The molecule has 0 saturated carbocycles. The van der Waals surface area contributed by atoms with Crippen molar-refractivity contribution in [3.05, 3.63) is 53.1 Å². The fraction of sp³-hybridized carbons (Fsp3) is 0.400. The van der Waals surface area contributed by atoms with E-state index in [1.807, 2.05) is 11.9 Å². The normalized spacial score (nSPS) is 18.7. The van der Waals surface area contributed by atoms with Gasteiger partial charge in [-0.25, -0.2) is 13.8 Å². The van der Waals surface area contributed by atoms with Crippen molar-refractivity contribution in [2.45, 2.75) is 37.8 Å². The van der Waals surface area contributed by atoms with E-state index in [0.717, 1.165) is 32.2 Å². The van der Waals surface area contributed by atoms with Crippen molar-refractivity contribution in [3.63, 3.8) is 0 Å². The van der Waals surface area contributed by atoms with E-state index in [1.54, 1.807) is 12.1 Å². The summed E-state index contributed by atoms with van der Waals surface area (Å²) in [6, 6.07) is 8.63. The molecular formula is C25H27ClF2N6O. The smallest absolute Gasteiger partial charge is 0.239 e. The molecule has 7 nitrogen and oxygen atoms in total. The molecule has 2 aliphatic heterocycles. The molecule has 1 atom stereocenters. The number of likely N-dealkylation sites (N-methyl/N-ethyl adjacent to an activating group) is 1. The third kappa shape index (κ3) is 5.01. The number of aromatic nitrogens is 2. The second-order valence-electron chi connectivity index (χ2n) is 9.10. The van der Waals surface area contributed by atoms with Crippen LogP contribution in [-0.4, -0.2) is 59.5 Å². The predicted molar refractivity (Wildman–Crippen MR) is 133 cm³/mol. The summed E-state index contributed by atoms with van der Waals surface area (Å²) in [5.74, 6) is -0.0223. The molecule has 1 unspecified atom stereocenters. The highest BCUT2D eigenvalue weighted by molar-refractivity contribution is 6.30. The molecule has 184 valence electrons. The summed E-state index contributed by atoms with van der Waals surface area (Å²) in [5.41, 5.74) is 0.735. The molecule has 35 heavy (non-hydrogen) atoms. The van der Waals surface area contributed by atoms with Gasteiger partial charge in [-0.2, -0.15) is 4.98 Å². The van der Waals surface area contributed by atoms with E-state index >= 15 is 0 Å². The van der Waals surface area contributed by atoms with Crippen LogP contribution in [0.15, 0.2) is 36.4 Å². The van der Waals surface area contributed by atoms with Gasteiger partial charge in [0.05, 0.1) is 17.2 Å². The Morgan fingerprint density at radius 1 is 1.14 bits per heavy atom. The first-order valence-electron chi connectivity index (χ1n) is 11.8. The zero-order valence-corrected chi connectivity index (χ0v) is 20.2. The van der Waals surface area contributed by atoms with E-state index in [-0.39, 0.29) is 28.7 Å². The van der Waals surface area contributed by atoms with Gasteiger partial charge in [-0.15, -0.1) is 0 Å². The summed E-state index contributed by atoms with van der Waals surface area (Å²) in [6.45, 7) is 2.23. The molecule has 10 heteroatoms. The average molecular weight is 501 g/mol. The van der Waals surface area contributed by atoms with Gasteiger partial charge in [-0.3, -0.25) is 4.79 Å². The summed E-state index contributed by atoms with van der Waals surface area (Å²) in [6.07, 6.45) is 3.49. The molecule has 1 amide bonds. The molecule has 0 bridgehead atoms. The van der Waals surface area contributed by atoms with Gasteiger partial charge < -0.3 is 20.4 Å². The largest absolute Gasteiger partial charge is 0.341 e. The van der Waals surface area contributed by atoms with E-state index < -0.39 is 11.6 Å². The number of piperidine rings is 1. The van der Waals surface area contributed by atoms with E-state index in [1.165, 1.54) is 24.3 Å². The molecule has 0 aliphatic carbocycles. The van der Waals surface area contributed by atoms with Gasteiger partial charge in [-0.05, 0) is 68.6 Å². The number of halogens is 3. The van der Waals surface area contributed by atoms with Gasteiger partial charge in [-0.1, -0.05) is 11.6 Å². The lowest BCUT2D eigenvalue weighted by molar-refractivity contribution is -0.134. The monoisotopic (exact) mass is 500 g/mol. The lowest BCUT2D eigenvalue weighted by atomic mass is 10.0. The first-order valence-corrected chi connectivity index (χ1v) is 12.2. The predicted octanol–water partition coefficient (Wildman–Crippen LogP) is 4.48. The van der Waals surface area contributed by atoms with E-state index in [0.29, 0.717) is 35.8 Å². The summed E-state index contributed by atoms with van der Waals surface area (Å²) < 4.78 is 28.5.